The quantitative estimate of drug-likeness (QED) is 0.589. The smallest absolute Gasteiger partial charge is 0.311 e. The van der Waals surface area contributed by atoms with Gasteiger partial charge >= 0.3 is 11.9 Å². The molecule has 4 nitrogen and oxygen atoms in total. The summed E-state index contributed by atoms with van der Waals surface area (Å²) >= 11 is 1.38. The fourth-order valence-corrected chi connectivity index (χ4v) is 1.80. The topological polar surface area (TPSA) is 63.6 Å². The minimum atomic E-state index is -0.791. The monoisotopic (exact) mass is 242 g/mol. The lowest BCUT2D eigenvalue weighted by Crippen LogP contribution is -2.06. The minimum absolute atomic E-state index is 0.167. The van der Waals surface area contributed by atoms with Gasteiger partial charge in [0, 0.05) is 12.8 Å². The number of thiophene rings is 1. The Hall–Kier alpha value is -1.36. The highest BCUT2D eigenvalue weighted by atomic mass is 32.1. The number of hydrogen-bond donors (Lipinski definition) is 1. The highest BCUT2D eigenvalue weighted by molar-refractivity contribution is 7.11. The van der Waals surface area contributed by atoms with E-state index in [0.29, 0.717) is 24.3 Å². The summed E-state index contributed by atoms with van der Waals surface area (Å²) < 4.78 is 5.05. The second-order valence-corrected chi connectivity index (χ2v) is 4.27. The maximum atomic E-state index is 11.3. The molecule has 1 N–H and O–H groups in total. The van der Waals surface area contributed by atoms with Crippen LogP contribution >= 0.6 is 11.3 Å². The number of rotatable bonds is 7. The van der Waals surface area contributed by atoms with Crippen molar-refractivity contribution in [2.24, 2.45) is 0 Å². The molecule has 0 saturated carbocycles. The number of ether oxygens (including phenoxy) is 1. The molecule has 0 atom stereocenters. The molecule has 0 unspecified atom stereocenters. The lowest BCUT2D eigenvalue weighted by Gasteiger charge is -2.00. The molecule has 5 heteroatoms. The Morgan fingerprint density at radius 3 is 2.62 bits per heavy atom. The fraction of sp³-hybridized carbons (Fsp3) is 0.455. The van der Waals surface area contributed by atoms with Crippen LogP contribution in [0.2, 0.25) is 0 Å². The maximum absolute atomic E-state index is 11.3. The summed E-state index contributed by atoms with van der Waals surface area (Å²) in [7, 11) is 0. The van der Waals surface area contributed by atoms with E-state index >= 15 is 0 Å². The second kappa shape index (κ2) is 7.00. The van der Waals surface area contributed by atoms with Gasteiger partial charge in [0.1, 0.15) is 0 Å². The first-order valence-electron chi connectivity index (χ1n) is 5.14. The maximum Gasteiger partial charge on any atom is 0.311 e. The number of hydrogen-bond acceptors (Lipinski definition) is 4. The zero-order chi connectivity index (χ0) is 11.8. The van der Waals surface area contributed by atoms with Gasteiger partial charge in [-0.15, -0.1) is 11.3 Å². The molecule has 1 aromatic rings. The van der Waals surface area contributed by atoms with Crippen LogP contribution in [-0.2, 0) is 9.59 Å². The molecule has 1 aromatic heterocycles. The first kappa shape index (κ1) is 12.7. The molecule has 1 heterocycles. The van der Waals surface area contributed by atoms with Crippen LogP contribution in [0, 0.1) is 0 Å². The van der Waals surface area contributed by atoms with Crippen molar-refractivity contribution < 1.29 is 19.4 Å². The second-order valence-electron chi connectivity index (χ2n) is 3.36. The Labute approximate surface area is 97.9 Å². The molecule has 16 heavy (non-hydrogen) atoms. The van der Waals surface area contributed by atoms with Crippen LogP contribution in [0.25, 0.3) is 0 Å². The normalized spacial score (nSPS) is 10.0. The third-order valence-electron chi connectivity index (χ3n) is 1.98. The van der Waals surface area contributed by atoms with Gasteiger partial charge in [-0.05, 0) is 30.4 Å². The van der Waals surface area contributed by atoms with E-state index < -0.39 is 5.97 Å². The highest BCUT2D eigenvalue weighted by Crippen LogP contribution is 2.19. The van der Waals surface area contributed by atoms with Crippen molar-refractivity contribution in [3.8, 4) is 5.06 Å². The standard InChI is InChI=1S/C11H14O4S/c12-9(13)5-2-1-3-6-10(14)15-11-7-4-8-16-11/h4,7-8H,1-3,5-6H2,(H,12,13). The van der Waals surface area contributed by atoms with Crippen molar-refractivity contribution in [1.82, 2.24) is 0 Å². The summed E-state index contributed by atoms with van der Waals surface area (Å²) in [6.07, 6.45) is 2.54. The predicted molar refractivity (Wildman–Crippen MR) is 60.7 cm³/mol. The van der Waals surface area contributed by atoms with Crippen molar-refractivity contribution in [3.05, 3.63) is 17.5 Å². The van der Waals surface area contributed by atoms with E-state index in [1.807, 2.05) is 11.4 Å². The third kappa shape index (κ3) is 5.50. The number of carbonyl (C=O) groups excluding carboxylic acids is 1. The van der Waals surface area contributed by atoms with Gasteiger partial charge in [-0.3, -0.25) is 9.59 Å². The van der Waals surface area contributed by atoms with E-state index in [4.69, 9.17) is 9.84 Å². The Bertz CT molecular complexity index is 332. The Morgan fingerprint density at radius 1 is 1.25 bits per heavy atom. The third-order valence-corrected chi connectivity index (χ3v) is 2.73. The number of carboxylic acids is 1. The number of carbonyl (C=O) groups is 2. The lowest BCUT2D eigenvalue weighted by molar-refractivity contribution is -0.137. The molecule has 0 aliphatic rings. The number of unbranched alkanes of at least 4 members (excludes halogenated alkanes) is 2. The van der Waals surface area contributed by atoms with Crippen LogP contribution in [-0.4, -0.2) is 17.0 Å². The molecule has 0 saturated heterocycles. The lowest BCUT2D eigenvalue weighted by atomic mass is 10.1. The number of esters is 1. The van der Waals surface area contributed by atoms with Gasteiger partial charge in [-0.25, -0.2) is 0 Å². The molecule has 0 aliphatic carbocycles. The van der Waals surface area contributed by atoms with E-state index in [1.54, 1.807) is 6.07 Å². The van der Waals surface area contributed by atoms with Crippen LogP contribution in [0.15, 0.2) is 17.5 Å². The molecule has 1 rings (SSSR count). The molecular formula is C11H14O4S. The molecule has 88 valence electrons. The average Bonchev–Trinajstić information content (AvgIpc) is 2.69. The minimum Gasteiger partial charge on any atom is -0.481 e. The van der Waals surface area contributed by atoms with Gasteiger partial charge < -0.3 is 9.84 Å². The Kier molecular flexibility index (Phi) is 5.56. The first-order valence-corrected chi connectivity index (χ1v) is 6.02. The molecule has 0 amide bonds. The molecule has 0 fully saturated rings. The SMILES string of the molecule is O=C(O)CCCCCC(=O)Oc1cccs1. The van der Waals surface area contributed by atoms with Crippen molar-refractivity contribution >= 4 is 23.3 Å². The van der Waals surface area contributed by atoms with Crippen molar-refractivity contribution in [3.63, 3.8) is 0 Å². The summed E-state index contributed by atoms with van der Waals surface area (Å²) in [6.45, 7) is 0. The molecule has 0 aromatic carbocycles. The first-order chi connectivity index (χ1) is 7.68. The zero-order valence-corrected chi connectivity index (χ0v) is 9.66. The van der Waals surface area contributed by atoms with Crippen molar-refractivity contribution in [2.75, 3.05) is 0 Å². The van der Waals surface area contributed by atoms with Crippen LogP contribution < -0.4 is 4.74 Å². The van der Waals surface area contributed by atoms with Gasteiger partial charge in [0.25, 0.3) is 0 Å². The number of aliphatic carboxylic acids is 1. The van der Waals surface area contributed by atoms with Crippen LogP contribution in [0.1, 0.15) is 32.1 Å². The molecule has 0 bridgehead atoms. The highest BCUT2D eigenvalue weighted by Gasteiger charge is 2.05. The van der Waals surface area contributed by atoms with Crippen LogP contribution in [0.3, 0.4) is 0 Å². The van der Waals surface area contributed by atoms with E-state index in [9.17, 15) is 9.59 Å². The fourth-order valence-electron chi connectivity index (χ4n) is 1.21. The van der Waals surface area contributed by atoms with Crippen LogP contribution in [0.5, 0.6) is 5.06 Å². The van der Waals surface area contributed by atoms with E-state index in [-0.39, 0.29) is 12.4 Å². The predicted octanol–water partition coefficient (Wildman–Crippen LogP) is 2.69. The van der Waals surface area contributed by atoms with Gasteiger partial charge in [-0.2, -0.15) is 0 Å². The average molecular weight is 242 g/mol. The summed E-state index contributed by atoms with van der Waals surface area (Å²) in [6, 6.07) is 3.56. The number of carboxylic acid groups (broad SMARTS) is 1. The zero-order valence-electron chi connectivity index (χ0n) is 8.85. The summed E-state index contributed by atoms with van der Waals surface area (Å²) in [5.74, 6) is -1.04. The molecule has 0 spiro atoms. The largest absolute Gasteiger partial charge is 0.481 e. The van der Waals surface area contributed by atoms with E-state index in [0.717, 1.165) is 6.42 Å². The van der Waals surface area contributed by atoms with Gasteiger partial charge in [0.05, 0.1) is 0 Å². The van der Waals surface area contributed by atoms with Gasteiger partial charge in [0.2, 0.25) is 0 Å². The summed E-state index contributed by atoms with van der Waals surface area (Å²) in [5, 5.41) is 10.9. The van der Waals surface area contributed by atoms with Gasteiger partial charge in [0.15, 0.2) is 5.06 Å². The van der Waals surface area contributed by atoms with E-state index in [1.165, 1.54) is 11.3 Å². The molecule has 0 aliphatic heterocycles. The van der Waals surface area contributed by atoms with Crippen molar-refractivity contribution in [2.45, 2.75) is 32.1 Å². The van der Waals surface area contributed by atoms with Crippen LogP contribution in [0.4, 0.5) is 0 Å². The van der Waals surface area contributed by atoms with Crippen molar-refractivity contribution in [1.29, 1.82) is 0 Å². The van der Waals surface area contributed by atoms with Gasteiger partial charge in [-0.1, -0.05) is 6.42 Å². The molecule has 0 radical (unpaired) electrons. The van der Waals surface area contributed by atoms with E-state index in [2.05, 4.69) is 0 Å². The summed E-state index contributed by atoms with van der Waals surface area (Å²) in [5.41, 5.74) is 0. The molecular weight excluding hydrogens is 228 g/mol. The Balaban J connectivity index is 2.05. The Morgan fingerprint density at radius 2 is 2.00 bits per heavy atom. The summed E-state index contributed by atoms with van der Waals surface area (Å²) in [4.78, 5) is 21.5.